The molecule has 1 N–H and O–H groups in total. The van der Waals surface area contributed by atoms with Gasteiger partial charge in [0.1, 0.15) is 16.8 Å². The fourth-order valence-electron chi connectivity index (χ4n) is 4.18. The zero-order chi connectivity index (χ0) is 24.8. The number of benzene rings is 2. The number of nitrogens with one attached hydrogen (secondary N) is 1. The quantitative estimate of drug-likeness (QED) is 0.201. The van der Waals surface area contributed by atoms with Gasteiger partial charge in [0.15, 0.2) is 0 Å². The maximum Gasteiger partial charge on any atom is 0.269 e. The predicted molar refractivity (Wildman–Crippen MR) is 135 cm³/mol. The first kappa shape index (κ1) is 24.2. The molecule has 0 bridgehead atoms. The highest BCUT2D eigenvalue weighted by Gasteiger charge is 2.23. The smallest absolute Gasteiger partial charge is 0.269 e. The Morgan fingerprint density at radius 3 is 2.51 bits per heavy atom. The number of nitro benzene ring substituents is 1. The third-order valence-corrected chi connectivity index (χ3v) is 6.86. The average molecular weight is 489 g/mol. The minimum Gasteiger partial charge on any atom is -0.497 e. The van der Waals surface area contributed by atoms with Crippen molar-refractivity contribution in [1.29, 1.82) is 5.26 Å². The number of aromatic nitrogens is 1. The molecule has 0 atom stereocenters. The Balaban J connectivity index is 1.61. The maximum absolute atomic E-state index is 12.6. The standard InChI is InChI=1S/C26H24N4O4S/c1-34-20-13-7-17(8-14-20)25-21-5-3-2-4-6-23(21)29-26(22(25)15-27)35-16-24(31)28-18-9-11-19(12-10-18)30(32)33/h7-14H,2-6,16H2,1H3,(H,28,31). The first-order chi connectivity index (χ1) is 17.0. The number of non-ortho nitro benzene ring substituents is 1. The Bertz CT molecular complexity index is 1280. The monoisotopic (exact) mass is 488 g/mol. The van der Waals surface area contributed by atoms with E-state index in [1.54, 1.807) is 7.11 Å². The Labute approximate surface area is 207 Å². The highest BCUT2D eigenvalue weighted by Crippen LogP contribution is 2.38. The predicted octanol–water partition coefficient (Wildman–Crippen LogP) is 5.54. The summed E-state index contributed by atoms with van der Waals surface area (Å²) < 4.78 is 5.29. The van der Waals surface area contributed by atoms with Crippen molar-refractivity contribution in [3.8, 4) is 22.9 Å². The number of nitrogens with zero attached hydrogens (tertiary/aromatic N) is 3. The van der Waals surface area contributed by atoms with Gasteiger partial charge in [0.05, 0.1) is 23.3 Å². The summed E-state index contributed by atoms with van der Waals surface area (Å²) in [6.45, 7) is 0. The van der Waals surface area contributed by atoms with Gasteiger partial charge in [-0.25, -0.2) is 4.98 Å². The van der Waals surface area contributed by atoms with Gasteiger partial charge in [-0.1, -0.05) is 30.3 Å². The number of carbonyl (C=O) groups is 1. The molecule has 0 unspecified atom stereocenters. The highest BCUT2D eigenvalue weighted by atomic mass is 32.2. The van der Waals surface area contributed by atoms with Crippen molar-refractivity contribution in [2.24, 2.45) is 0 Å². The van der Waals surface area contributed by atoms with Crippen molar-refractivity contribution < 1.29 is 14.5 Å². The van der Waals surface area contributed by atoms with E-state index in [0.29, 0.717) is 16.3 Å². The van der Waals surface area contributed by atoms with Gasteiger partial charge in [-0.05, 0) is 61.1 Å². The van der Waals surface area contributed by atoms with Crippen molar-refractivity contribution in [2.45, 2.75) is 37.1 Å². The molecule has 0 fully saturated rings. The zero-order valence-electron chi connectivity index (χ0n) is 19.2. The fraction of sp³-hybridized carbons (Fsp3) is 0.269. The van der Waals surface area contributed by atoms with Crippen LogP contribution in [-0.4, -0.2) is 28.7 Å². The number of hydrogen-bond donors (Lipinski definition) is 1. The number of thioether (sulfide) groups is 1. The minimum absolute atomic E-state index is 0.0451. The van der Waals surface area contributed by atoms with Crippen LogP contribution >= 0.6 is 11.8 Å². The Morgan fingerprint density at radius 2 is 1.86 bits per heavy atom. The number of fused-ring (bicyclic) bond motifs is 1. The number of anilines is 1. The van der Waals surface area contributed by atoms with Crippen LogP contribution in [0.25, 0.3) is 11.1 Å². The largest absolute Gasteiger partial charge is 0.497 e. The van der Waals surface area contributed by atoms with Gasteiger partial charge < -0.3 is 10.1 Å². The van der Waals surface area contributed by atoms with Gasteiger partial charge in [-0.15, -0.1) is 0 Å². The Kier molecular flexibility index (Phi) is 7.63. The molecule has 0 saturated carbocycles. The number of hydrogen-bond acceptors (Lipinski definition) is 7. The second-order valence-electron chi connectivity index (χ2n) is 8.13. The molecule has 1 heterocycles. The van der Waals surface area contributed by atoms with E-state index >= 15 is 0 Å². The van der Waals surface area contributed by atoms with Gasteiger partial charge >= 0.3 is 0 Å². The van der Waals surface area contributed by atoms with Crippen molar-refractivity contribution in [2.75, 3.05) is 18.2 Å². The number of methoxy groups -OCH3 is 1. The summed E-state index contributed by atoms with van der Waals surface area (Å²) in [5.41, 5.74) is 4.82. The van der Waals surface area contributed by atoms with Crippen molar-refractivity contribution >= 4 is 29.0 Å². The molecule has 3 aromatic rings. The molecule has 0 saturated heterocycles. The number of nitriles is 1. The lowest BCUT2D eigenvalue weighted by molar-refractivity contribution is -0.384. The topological polar surface area (TPSA) is 118 Å². The molecule has 1 amide bonds. The molecule has 178 valence electrons. The SMILES string of the molecule is COc1ccc(-c2c(C#N)c(SCC(=O)Nc3ccc([N+](=O)[O-])cc3)nc3c2CCCCC3)cc1. The normalized spacial score (nSPS) is 12.7. The third kappa shape index (κ3) is 5.61. The number of aryl methyl sites for hydroxylation is 1. The van der Waals surface area contributed by atoms with Crippen molar-refractivity contribution in [3.05, 3.63) is 75.5 Å². The van der Waals surface area contributed by atoms with E-state index in [4.69, 9.17) is 9.72 Å². The molecule has 9 heteroatoms. The van der Waals surface area contributed by atoms with Gasteiger partial charge in [0, 0.05) is 29.1 Å². The molecule has 0 aliphatic heterocycles. The lowest BCUT2D eigenvalue weighted by Crippen LogP contribution is -2.14. The zero-order valence-corrected chi connectivity index (χ0v) is 20.1. The molecule has 8 nitrogen and oxygen atoms in total. The number of nitro groups is 1. The lowest BCUT2D eigenvalue weighted by atomic mass is 9.92. The molecule has 1 aliphatic rings. The number of rotatable bonds is 7. The van der Waals surface area contributed by atoms with Crippen molar-refractivity contribution in [1.82, 2.24) is 4.98 Å². The summed E-state index contributed by atoms with van der Waals surface area (Å²) in [5.74, 6) is 0.514. The van der Waals surface area contributed by atoms with Crippen LogP contribution in [0.1, 0.15) is 36.1 Å². The molecule has 2 aromatic carbocycles. The van der Waals surface area contributed by atoms with E-state index in [0.717, 1.165) is 60.2 Å². The van der Waals surface area contributed by atoms with Crippen LogP contribution < -0.4 is 10.1 Å². The van der Waals surface area contributed by atoms with Gasteiger partial charge in [-0.2, -0.15) is 5.26 Å². The molecule has 4 rings (SSSR count). The summed E-state index contributed by atoms with van der Waals surface area (Å²) >= 11 is 1.22. The molecule has 0 spiro atoms. The first-order valence-electron chi connectivity index (χ1n) is 11.3. The second-order valence-corrected chi connectivity index (χ2v) is 9.10. The van der Waals surface area contributed by atoms with E-state index in [1.165, 1.54) is 36.0 Å². The van der Waals surface area contributed by atoms with E-state index in [9.17, 15) is 20.2 Å². The average Bonchev–Trinajstić information content (AvgIpc) is 3.12. The summed E-state index contributed by atoms with van der Waals surface area (Å²) in [7, 11) is 1.62. The first-order valence-corrected chi connectivity index (χ1v) is 12.3. The number of carbonyl (C=O) groups excluding carboxylic acids is 1. The second kappa shape index (κ2) is 11.0. The van der Waals surface area contributed by atoms with Crippen LogP contribution in [0.15, 0.2) is 53.6 Å². The summed E-state index contributed by atoms with van der Waals surface area (Å²) in [6, 6.07) is 15.7. The summed E-state index contributed by atoms with van der Waals surface area (Å²) in [4.78, 5) is 27.7. The Hall–Kier alpha value is -3.90. The van der Waals surface area contributed by atoms with Crippen LogP contribution in [0.4, 0.5) is 11.4 Å². The lowest BCUT2D eigenvalue weighted by Gasteiger charge is -2.17. The molecule has 1 aromatic heterocycles. The molecule has 0 radical (unpaired) electrons. The minimum atomic E-state index is -0.491. The highest BCUT2D eigenvalue weighted by molar-refractivity contribution is 8.00. The third-order valence-electron chi connectivity index (χ3n) is 5.88. The van der Waals surface area contributed by atoms with E-state index in [1.807, 2.05) is 24.3 Å². The summed E-state index contributed by atoms with van der Waals surface area (Å²) in [5, 5.41) is 24.2. The summed E-state index contributed by atoms with van der Waals surface area (Å²) in [6.07, 6.45) is 4.91. The van der Waals surface area contributed by atoms with Crippen LogP contribution in [0.5, 0.6) is 5.75 Å². The van der Waals surface area contributed by atoms with E-state index in [-0.39, 0.29) is 17.3 Å². The Morgan fingerprint density at radius 1 is 1.14 bits per heavy atom. The molecule has 1 aliphatic carbocycles. The van der Waals surface area contributed by atoms with E-state index in [2.05, 4.69) is 11.4 Å². The van der Waals surface area contributed by atoms with Crippen LogP contribution in [-0.2, 0) is 17.6 Å². The number of ether oxygens (including phenoxy) is 1. The van der Waals surface area contributed by atoms with Crippen LogP contribution in [0.3, 0.4) is 0 Å². The number of amides is 1. The number of pyridine rings is 1. The molecule has 35 heavy (non-hydrogen) atoms. The molecular weight excluding hydrogens is 464 g/mol. The maximum atomic E-state index is 12.6. The van der Waals surface area contributed by atoms with Crippen molar-refractivity contribution in [3.63, 3.8) is 0 Å². The van der Waals surface area contributed by atoms with Crippen LogP contribution in [0.2, 0.25) is 0 Å². The van der Waals surface area contributed by atoms with E-state index < -0.39 is 4.92 Å². The molecular formula is C26H24N4O4S. The van der Waals surface area contributed by atoms with Crippen LogP contribution in [0, 0.1) is 21.4 Å². The van der Waals surface area contributed by atoms with Gasteiger partial charge in [-0.3, -0.25) is 14.9 Å². The van der Waals surface area contributed by atoms with Gasteiger partial charge in [0.2, 0.25) is 5.91 Å². The fourth-order valence-corrected chi connectivity index (χ4v) is 4.98. The van der Waals surface area contributed by atoms with Gasteiger partial charge in [0.25, 0.3) is 5.69 Å².